The van der Waals surface area contributed by atoms with Crippen LogP contribution in [0.1, 0.15) is 52.5 Å². The van der Waals surface area contributed by atoms with Crippen molar-refractivity contribution in [3.8, 4) is 0 Å². The van der Waals surface area contributed by atoms with E-state index in [4.69, 9.17) is 4.74 Å². The van der Waals surface area contributed by atoms with Crippen molar-refractivity contribution in [2.45, 2.75) is 59.7 Å². The summed E-state index contributed by atoms with van der Waals surface area (Å²) in [6.07, 6.45) is 2.00. The first-order valence-electron chi connectivity index (χ1n) is 7.33. The van der Waals surface area contributed by atoms with E-state index in [0.717, 1.165) is 25.3 Å². The molecule has 5 heteroatoms. The molecule has 0 aromatic carbocycles. The lowest BCUT2D eigenvalue weighted by atomic mass is 10.0. The number of nitrogens with zero attached hydrogens (tertiary/aromatic N) is 3. The predicted octanol–water partition coefficient (Wildman–Crippen LogP) is 2.21. The molecule has 1 aliphatic heterocycles. The van der Waals surface area contributed by atoms with E-state index in [1.165, 1.54) is 0 Å². The van der Waals surface area contributed by atoms with Crippen molar-refractivity contribution in [3.05, 3.63) is 16.3 Å². The van der Waals surface area contributed by atoms with Crippen molar-refractivity contribution < 1.29 is 4.74 Å². The smallest absolute Gasteiger partial charge is 0.345 e. The Kier molecular flexibility index (Phi) is 4.45. The monoisotopic (exact) mass is 267 g/mol. The van der Waals surface area contributed by atoms with E-state index < -0.39 is 0 Å². The number of hydrogen-bond acceptors (Lipinski definition) is 3. The molecule has 1 saturated heterocycles. The van der Waals surface area contributed by atoms with Crippen molar-refractivity contribution in [1.82, 2.24) is 14.3 Å². The highest BCUT2D eigenvalue weighted by Gasteiger charge is 2.31. The molecular formula is C14H25N3O2. The zero-order valence-electron chi connectivity index (χ0n) is 12.4. The highest BCUT2D eigenvalue weighted by Crippen LogP contribution is 2.32. The van der Waals surface area contributed by atoms with Gasteiger partial charge in [-0.2, -0.15) is 5.10 Å². The van der Waals surface area contributed by atoms with Crippen LogP contribution in [0.15, 0.2) is 4.79 Å². The van der Waals surface area contributed by atoms with Crippen LogP contribution >= 0.6 is 0 Å². The van der Waals surface area contributed by atoms with Gasteiger partial charge in [-0.05, 0) is 31.6 Å². The fourth-order valence-corrected chi connectivity index (χ4v) is 2.52. The Hall–Kier alpha value is -1.10. The van der Waals surface area contributed by atoms with E-state index >= 15 is 0 Å². The quantitative estimate of drug-likeness (QED) is 0.822. The molecule has 0 spiro atoms. The Morgan fingerprint density at radius 3 is 2.74 bits per heavy atom. The number of rotatable bonds is 5. The Morgan fingerprint density at radius 1 is 1.47 bits per heavy atom. The van der Waals surface area contributed by atoms with E-state index in [2.05, 4.69) is 25.9 Å². The molecule has 0 unspecified atom stereocenters. The van der Waals surface area contributed by atoms with Crippen LogP contribution < -0.4 is 5.69 Å². The molecule has 2 heterocycles. The molecule has 2 rings (SSSR count). The molecule has 0 N–H and O–H groups in total. The minimum atomic E-state index is -0.0204. The van der Waals surface area contributed by atoms with Gasteiger partial charge in [-0.1, -0.05) is 20.8 Å². The topological polar surface area (TPSA) is 49.0 Å². The normalized spacial score (nSPS) is 23.4. The Balaban J connectivity index is 2.28. The molecule has 5 nitrogen and oxygen atoms in total. The molecule has 1 fully saturated rings. The third kappa shape index (κ3) is 2.91. The summed E-state index contributed by atoms with van der Waals surface area (Å²) in [5.41, 5.74) is 0.000787. The van der Waals surface area contributed by atoms with E-state index in [-0.39, 0.29) is 11.8 Å². The van der Waals surface area contributed by atoms with Gasteiger partial charge in [0, 0.05) is 19.7 Å². The number of aryl methyl sites for hydroxylation is 1. The van der Waals surface area contributed by atoms with Crippen molar-refractivity contribution in [2.75, 3.05) is 6.61 Å². The number of ether oxygens (including phenoxy) is 1. The van der Waals surface area contributed by atoms with Gasteiger partial charge >= 0.3 is 5.69 Å². The van der Waals surface area contributed by atoms with Gasteiger partial charge in [0.2, 0.25) is 0 Å². The third-order valence-corrected chi connectivity index (χ3v) is 3.83. The molecule has 0 amide bonds. The first kappa shape index (κ1) is 14.3. The summed E-state index contributed by atoms with van der Waals surface area (Å²) in [7, 11) is 0. The van der Waals surface area contributed by atoms with Gasteiger partial charge in [-0.15, -0.1) is 0 Å². The molecule has 2 atom stereocenters. The van der Waals surface area contributed by atoms with E-state index in [1.54, 1.807) is 9.25 Å². The van der Waals surface area contributed by atoms with Crippen LogP contribution in [0.4, 0.5) is 0 Å². The van der Waals surface area contributed by atoms with Crippen LogP contribution in [-0.4, -0.2) is 21.0 Å². The minimum Gasteiger partial charge on any atom is -0.370 e. The molecule has 1 aliphatic rings. The van der Waals surface area contributed by atoms with E-state index in [1.807, 2.05) is 6.92 Å². The number of aromatic nitrogens is 3. The van der Waals surface area contributed by atoms with Gasteiger partial charge in [0.25, 0.3) is 0 Å². The van der Waals surface area contributed by atoms with Crippen LogP contribution in [0, 0.1) is 11.8 Å². The highest BCUT2D eigenvalue weighted by molar-refractivity contribution is 4.97. The summed E-state index contributed by atoms with van der Waals surface area (Å²) >= 11 is 0. The lowest BCUT2D eigenvalue weighted by Gasteiger charge is -2.13. The van der Waals surface area contributed by atoms with Gasteiger partial charge in [0.15, 0.2) is 5.82 Å². The molecule has 108 valence electrons. The van der Waals surface area contributed by atoms with Gasteiger partial charge < -0.3 is 4.74 Å². The standard InChI is InChI=1S/C14H25N3O2/c1-5-16-13(12-11(4)7-9-19-12)15-17(14(16)18)8-6-10(2)3/h10-12H,5-9H2,1-4H3/t11-,12+/m1/s1. The average molecular weight is 267 g/mol. The zero-order valence-corrected chi connectivity index (χ0v) is 12.4. The molecule has 0 bridgehead atoms. The van der Waals surface area contributed by atoms with Crippen molar-refractivity contribution >= 4 is 0 Å². The maximum atomic E-state index is 12.3. The van der Waals surface area contributed by atoms with Crippen LogP contribution in [0.25, 0.3) is 0 Å². The second-order valence-corrected chi connectivity index (χ2v) is 5.85. The molecule has 0 saturated carbocycles. The van der Waals surface area contributed by atoms with E-state index in [0.29, 0.717) is 24.9 Å². The number of hydrogen-bond donors (Lipinski definition) is 0. The van der Waals surface area contributed by atoms with Crippen LogP contribution in [0.2, 0.25) is 0 Å². The summed E-state index contributed by atoms with van der Waals surface area (Å²) in [5.74, 6) is 1.82. The fourth-order valence-electron chi connectivity index (χ4n) is 2.52. The summed E-state index contributed by atoms with van der Waals surface area (Å²) < 4.78 is 9.11. The predicted molar refractivity (Wildman–Crippen MR) is 74.1 cm³/mol. The molecule has 1 aromatic heterocycles. The summed E-state index contributed by atoms with van der Waals surface area (Å²) in [6, 6.07) is 0. The fraction of sp³-hybridized carbons (Fsp3) is 0.857. The van der Waals surface area contributed by atoms with Crippen LogP contribution in [0.5, 0.6) is 0 Å². The molecule has 0 aliphatic carbocycles. The summed E-state index contributed by atoms with van der Waals surface area (Å²) in [6.45, 7) is 10.6. The van der Waals surface area contributed by atoms with E-state index in [9.17, 15) is 4.79 Å². The minimum absolute atomic E-state index is 0.000787. The largest absolute Gasteiger partial charge is 0.370 e. The van der Waals surface area contributed by atoms with Crippen molar-refractivity contribution in [2.24, 2.45) is 11.8 Å². The lowest BCUT2D eigenvalue weighted by Crippen LogP contribution is -2.26. The Morgan fingerprint density at radius 2 is 2.21 bits per heavy atom. The molecule has 1 aromatic rings. The van der Waals surface area contributed by atoms with Crippen LogP contribution in [0.3, 0.4) is 0 Å². The highest BCUT2D eigenvalue weighted by atomic mass is 16.5. The van der Waals surface area contributed by atoms with Crippen molar-refractivity contribution in [1.29, 1.82) is 0 Å². The first-order valence-corrected chi connectivity index (χ1v) is 7.33. The summed E-state index contributed by atoms with van der Waals surface area (Å²) in [5, 5.41) is 4.53. The maximum absolute atomic E-state index is 12.3. The Bertz CT molecular complexity index is 476. The Labute approximate surface area is 114 Å². The van der Waals surface area contributed by atoms with Crippen molar-refractivity contribution in [3.63, 3.8) is 0 Å². The second-order valence-electron chi connectivity index (χ2n) is 5.85. The third-order valence-electron chi connectivity index (χ3n) is 3.83. The lowest BCUT2D eigenvalue weighted by molar-refractivity contribution is 0.0835. The molecular weight excluding hydrogens is 242 g/mol. The first-order chi connectivity index (χ1) is 9.04. The molecule has 0 radical (unpaired) electrons. The molecule has 19 heavy (non-hydrogen) atoms. The van der Waals surface area contributed by atoms with Gasteiger partial charge in [0.1, 0.15) is 6.10 Å². The SMILES string of the molecule is CCn1c([C@H]2OCC[C@H]2C)nn(CCC(C)C)c1=O. The van der Waals surface area contributed by atoms with Gasteiger partial charge in [-0.25, -0.2) is 9.48 Å². The second kappa shape index (κ2) is 5.90. The maximum Gasteiger partial charge on any atom is 0.345 e. The zero-order chi connectivity index (χ0) is 14.0. The van der Waals surface area contributed by atoms with Crippen LogP contribution in [-0.2, 0) is 17.8 Å². The van der Waals surface area contributed by atoms with Gasteiger partial charge in [0.05, 0.1) is 0 Å². The average Bonchev–Trinajstić information content (AvgIpc) is 2.90. The summed E-state index contributed by atoms with van der Waals surface area (Å²) in [4.78, 5) is 12.3. The van der Waals surface area contributed by atoms with Gasteiger partial charge in [-0.3, -0.25) is 4.57 Å².